The topological polar surface area (TPSA) is 119 Å². The first-order valence-electron chi connectivity index (χ1n) is 10.3. The molecule has 0 bridgehead atoms. The highest BCUT2D eigenvalue weighted by Crippen LogP contribution is 2.38. The van der Waals surface area contributed by atoms with Crippen molar-refractivity contribution in [2.75, 3.05) is 35.8 Å². The Bertz CT molecular complexity index is 1520. The lowest BCUT2D eigenvalue weighted by Gasteiger charge is -2.17. The third-order valence-electron chi connectivity index (χ3n) is 5.20. The number of benzene rings is 3. The van der Waals surface area contributed by atoms with Gasteiger partial charge in [-0.3, -0.25) is 10.0 Å². The van der Waals surface area contributed by atoms with Gasteiger partial charge in [-0.1, -0.05) is 18.2 Å². The van der Waals surface area contributed by atoms with Crippen LogP contribution >= 0.6 is 0 Å². The Morgan fingerprint density at radius 2 is 1.74 bits per heavy atom. The zero-order chi connectivity index (χ0) is 24.5. The van der Waals surface area contributed by atoms with Crippen molar-refractivity contribution in [2.24, 2.45) is 0 Å². The minimum atomic E-state index is -3.42. The SMILES string of the molecule is COC(=O)Nc1ccc2c(Nc3ccc(NS(C)(=O)=O)cc3OC)c3cccc(C)c3nc2c1. The smallest absolute Gasteiger partial charge is 0.411 e. The zero-order valence-corrected chi connectivity index (χ0v) is 19.9. The van der Waals surface area contributed by atoms with E-state index in [1.807, 2.05) is 31.2 Å². The first kappa shape index (κ1) is 23.1. The summed E-state index contributed by atoms with van der Waals surface area (Å²) in [5.41, 5.74) is 4.87. The number of amides is 1. The van der Waals surface area contributed by atoms with Crippen molar-refractivity contribution >= 4 is 60.7 Å². The van der Waals surface area contributed by atoms with E-state index in [0.717, 1.165) is 33.8 Å². The highest BCUT2D eigenvalue weighted by atomic mass is 32.2. The maximum Gasteiger partial charge on any atom is 0.411 e. The molecule has 4 aromatic rings. The Morgan fingerprint density at radius 3 is 2.44 bits per heavy atom. The van der Waals surface area contributed by atoms with Gasteiger partial charge in [0.15, 0.2) is 0 Å². The van der Waals surface area contributed by atoms with Crippen LogP contribution in [0.25, 0.3) is 21.8 Å². The summed E-state index contributed by atoms with van der Waals surface area (Å²) >= 11 is 0. The summed E-state index contributed by atoms with van der Waals surface area (Å²) in [5, 5.41) is 7.84. The van der Waals surface area contributed by atoms with Crippen molar-refractivity contribution < 1.29 is 22.7 Å². The number of nitrogens with zero attached hydrogens (tertiary/aromatic N) is 1. The standard InChI is InChI=1S/C24H24N4O5S/c1-14-6-5-7-18-22(14)27-20-12-15(25-24(29)33-3)8-10-17(20)23(18)26-19-11-9-16(13-21(19)32-2)28-34(4,30)31/h5-13,28H,1-4H3,(H,25,29)(H,26,27). The molecule has 0 saturated heterocycles. The highest BCUT2D eigenvalue weighted by Gasteiger charge is 2.15. The summed E-state index contributed by atoms with van der Waals surface area (Å²) in [6.45, 7) is 1.98. The van der Waals surface area contributed by atoms with Crippen LogP contribution in [0, 0.1) is 6.92 Å². The molecule has 3 aromatic carbocycles. The molecule has 0 aliphatic carbocycles. The summed E-state index contributed by atoms with van der Waals surface area (Å²) in [6.07, 6.45) is 0.522. The molecule has 0 unspecified atom stereocenters. The van der Waals surface area contributed by atoms with E-state index < -0.39 is 16.1 Å². The molecule has 1 aromatic heterocycles. The van der Waals surface area contributed by atoms with Crippen molar-refractivity contribution in [2.45, 2.75) is 6.92 Å². The van der Waals surface area contributed by atoms with Crippen LogP contribution in [0.1, 0.15) is 5.56 Å². The predicted octanol–water partition coefficient (Wildman–Crippen LogP) is 5.00. The summed E-state index contributed by atoms with van der Waals surface area (Å²) in [7, 11) is -0.605. The summed E-state index contributed by atoms with van der Waals surface area (Å²) in [4.78, 5) is 16.5. The van der Waals surface area contributed by atoms with Crippen LogP contribution < -0.4 is 20.1 Å². The molecule has 3 N–H and O–H groups in total. The van der Waals surface area contributed by atoms with Crippen molar-refractivity contribution in [1.29, 1.82) is 0 Å². The highest BCUT2D eigenvalue weighted by molar-refractivity contribution is 7.92. The maximum absolute atomic E-state index is 11.7. The molecule has 10 heteroatoms. The van der Waals surface area contributed by atoms with Crippen molar-refractivity contribution in [3.8, 4) is 5.75 Å². The van der Waals surface area contributed by atoms with E-state index in [9.17, 15) is 13.2 Å². The Morgan fingerprint density at radius 1 is 0.971 bits per heavy atom. The molecule has 176 valence electrons. The molecular weight excluding hydrogens is 456 g/mol. The average molecular weight is 481 g/mol. The van der Waals surface area contributed by atoms with E-state index in [-0.39, 0.29) is 0 Å². The molecule has 0 aliphatic heterocycles. The molecule has 1 amide bonds. The molecule has 4 rings (SSSR count). The molecule has 9 nitrogen and oxygen atoms in total. The number of ether oxygens (including phenoxy) is 2. The van der Waals surface area contributed by atoms with Crippen LogP contribution in [0.4, 0.5) is 27.5 Å². The van der Waals surface area contributed by atoms with Gasteiger partial charge in [-0.05, 0) is 42.8 Å². The lowest BCUT2D eigenvalue weighted by molar-refractivity contribution is 0.187. The number of nitrogens with one attached hydrogen (secondary N) is 3. The number of hydrogen-bond donors (Lipinski definition) is 3. The van der Waals surface area contributed by atoms with Crippen molar-refractivity contribution in [3.05, 3.63) is 60.2 Å². The second-order valence-corrected chi connectivity index (χ2v) is 9.47. The van der Waals surface area contributed by atoms with Gasteiger partial charge in [0.2, 0.25) is 10.0 Å². The number of aromatic nitrogens is 1. The van der Waals surface area contributed by atoms with Crippen LogP contribution in [0.15, 0.2) is 54.6 Å². The van der Waals surface area contributed by atoms with Gasteiger partial charge in [0.1, 0.15) is 5.75 Å². The summed E-state index contributed by atoms with van der Waals surface area (Å²) in [6, 6.07) is 16.3. The lowest BCUT2D eigenvalue weighted by Crippen LogP contribution is -2.10. The first-order chi connectivity index (χ1) is 16.2. The fourth-order valence-corrected chi connectivity index (χ4v) is 4.25. The number of fused-ring (bicyclic) bond motifs is 2. The predicted molar refractivity (Wildman–Crippen MR) is 135 cm³/mol. The zero-order valence-electron chi connectivity index (χ0n) is 19.1. The molecule has 0 spiro atoms. The summed E-state index contributed by atoms with van der Waals surface area (Å²) in [5.74, 6) is 0.461. The number of sulfonamides is 1. The lowest BCUT2D eigenvalue weighted by atomic mass is 10.0. The fraction of sp³-hybridized carbons (Fsp3) is 0.167. The number of carbonyl (C=O) groups is 1. The van der Waals surface area contributed by atoms with Crippen molar-refractivity contribution in [3.63, 3.8) is 0 Å². The van der Waals surface area contributed by atoms with Crippen LogP contribution in [0.5, 0.6) is 5.75 Å². The number of hydrogen-bond acceptors (Lipinski definition) is 7. The summed E-state index contributed by atoms with van der Waals surface area (Å²) < 4.78 is 35.9. The first-order valence-corrected chi connectivity index (χ1v) is 12.2. The van der Waals surface area contributed by atoms with E-state index in [2.05, 4.69) is 20.1 Å². The Labute approximate surface area is 197 Å². The molecule has 0 fully saturated rings. The van der Waals surface area contributed by atoms with E-state index in [0.29, 0.717) is 28.3 Å². The van der Waals surface area contributed by atoms with Crippen LogP contribution in [0.3, 0.4) is 0 Å². The monoisotopic (exact) mass is 480 g/mol. The second kappa shape index (κ2) is 9.06. The van der Waals surface area contributed by atoms with Crippen LogP contribution in [-0.4, -0.2) is 40.0 Å². The number of carbonyl (C=O) groups excluding carboxylic acids is 1. The number of rotatable bonds is 6. The van der Waals surface area contributed by atoms with Gasteiger partial charge in [-0.15, -0.1) is 0 Å². The third-order valence-corrected chi connectivity index (χ3v) is 5.81. The Balaban J connectivity index is 1.86. The van der Waals surface area contributed by atoms with E-state index in [1.165, 1.54) is 14.2 Å². The number of para-hydroxylation sites is 1. The maximum atomic E-state index is 11.7. The third kappa shape index (κ3) is 4.81. The molecule has 0 radical (unpaired) electrons. The Kier molecular flexibility index (Phi) is 6.16. The van der Waals surface area contributed by atoms with Gasteiger partial charge in [-0.25, -0.2) is 18.2 Å². The van der Waals surface area contributed by atoms with E-state index in [1.54, 1.807) is 30.3 Å². The fourth-order valence-electron chi connectivity index (χ4n) is 3.70. The van der Waals surface area contributed by atoms with E-state index >= 15 is 0 Å². The molecule has 1 heterocycles. The minimum Gasteiger partial charge on any atom is -0.494 e. The number of pyridine rings is 1. The number of aryl methyl sites for hydroxylation is 1. The largest absolute Gasteiger partial charge is 0.494 e. The van der Waals surface area contributed by atoms with Gasteiger partial charge in [0.05, 0.1) is 48.6 Å². The average Bonchev–Trinajstić information content (AvgIpc) is 2.79. The molecule has 0 aliphatic rings. The Hall–Kier alpha value is -4.05. The molecule has 34 heavy (non-hydrogen) atoms. The van der Waals surface area contributed by atoms with Gasteiger partial charge in [-0.2, -0.15) is 0 Å². The quantitative estimate of drug-likeness (QED) is 0.332. The van der Waals surface area contributed by atoms with Gasteiger partial charge >= 0.3 is 6.09 Å². The van der Waals surface area contributed by atoms with Gasteiger partial charge in [0, 0.05) is 22.5 Å². The van der Waals surface area contributed by atoms with Gasteiger partial charge in [0.25, 0.3) is 0 Å². The minimum absolute atomic E-state index is 0.392. The van der Waals surface area contributed by atoms with Crippen molar-refractivity contribution in [1.82, 2.24) is 4.98 Å². The normalized spacial score (nSPS) is 11.3. The molecule has 0 atom stereocenters. The number of methoxy groups -OCH3 is 2. The van der Waals surface area contributed by atoms with Gasteiger partial charge < -0.3 is 14.8 Å². The van der Waals surface area contributed by atoms with E-state index in [4.69, 9.17) is 9.72 Å². The second-order valence-electron chi connectivity index (χ2n) is 7.72. The van der Waals surface area contributed by atoms with Crippen LogP contribution in [0.2, 0.25) is 0 Å². The molecular formula is C24H24N4O5S. The van der Waals surface area contributed by atoms with Crippen LogP contribution in [-0.2, 0) is 14.8 Å². The molecule has 0 saturated carbocycles. The number of anilines is 4.